The van der Waals surface area contributed by atoms with Gasteiger partial charge in [0, 0.05) is 62.0 Å². The summed E-state index contributed by atoms with van der Waals surface area (Å²) in [6.45, 7) is 2.13. The van der Waals surface area contributed by atoms with Crippen molar-refractivity contribution in [3.8, 4) is 5.75 Å². The van der Waals surface area contributed by atoms with Crippen LogP contribution in [0.5, 0.6) is 5.75 Å². The maximum atomic E-state index is 13.7. The molecule has 45 heavy (non-hydrogen) atoms. The standard InChI is InChI=1S/C31H28F2N8O4/c1-45-26-5-3-2-4-21(26)17-34-28-27-29(40(19-35-27)18-20-6-8-25(9-7-20)41(43)44)37-31(36-28)39-12-10-38(11-13-39)30(42)22-14-23(32)16-24(33)15-22/h2-9,14-16,19H,10-13,17-18H2,1H3,(H,34,36,37). The molecule has 0 unspecified atom stereocenters. The molecule has 230 valence electrons. The van der Waals surface area contributed by atoms with Crippen molar-refractivity contribution in [3.63, 3.8) is 0 Å². The number of anilines is 2. The lowest BCUT2D eigenvalue weighted by atomic mass is 10.1. The van der Waals surface area contributed by atoms with Gasteiger partial charge in [0.05, 0.1) is 24.9 Å². The normalized spacial score (nSPS) is 13.2. The molecule has 12 nitrogen and oxygen atoms in total. The lowest BCUT2D eigenvalue weighted by Gasteiger charge is -2.35. The van der Waals surface area contributed by atoms with Crippen LogP contribution in [0, 0.1) is 21.7 Å². The average Bonchev–Trinajstić information content (AvgIpc) is 3.45. The van der Waals surface area contributed by atoms with E-state index in [0.29, 0.717) is 62.2 Å². The van der Waals surface area contributed by atoms with Crippen LogP contribution in [0.1, 0.15) is 21.5 Å². The fourth-order valence-corrected chi connectivity index (χ4v) is 5.23. The van der Waals surface area contributed by atoms with Gasteiger partial charge in [0.15, 0.2) is 17.0 Å². The number of carbonyl (C=O) groups excluding carboxylic acids is 1. The molecule has 0 spiro atoms. The number of amides is 1. The number of methoxy groups -OCH3 is 1. The third-order valence-corrected chi connectivity index (χ3v) is 7.55. The predicted octanol–water partition coefficient (Wildman–Crippen LogP) is 4.64. The molecule has 0 atom stereocenters. The zero-order chi connectivity index (χ0) is 31.5. The third kappa shape index (κ3) is 6.34. The number of nitrogens with zero attached hydrogens (tertiary/aromatic N) is 7. The molecule has 1 N–H and O–H groups in total. The summed E-state index contributed by atoms with van der Waals surface area (Å²) in [5.41, 5.74) is 2.79. The average molecular weight is 615 g/mol. The first-order chi connectivity index (χ1) is 21.8. The van der Waals surface area contributed by atoms with E-state index in [0.717, 1.165) is 35.1 Å². The Morgan fingerprint density at radius 1 is 1.00 bits per heavy atom. The second-order valence-electron chi connectivity index (χ2n) is 10.4. The number of halogens is 2. The van der Waals surface area contributed by atoms with Crippen LogP contribution in [0.4, 0.5) is 26.2 Å². The van der Waals surface area contributed by atoms with Crippen molar-refractivity contribution in [1.82, 2.24) is 24.4 Å². The van der Waals surface area contributed by atoms with Crippen LogP contribution in [-0.2, 0) is 13.1 Å². The zero-order valence-electron chi connectivity index (χ0n) is 24.2. The number of rotatable bonds is 9. The first-order valence-corrected chi connectivity index (χ1v) is 14.1. The number of ether oxygens (including phenoxy) is 1. The number of fused-ring (bicyclic) bond motifs is 1. The number of aromatic nitrogens is 4. The van der Waals surface area contributed by atoms with E-state index in [2.05, 4.69) is 10.3 Å². The molecule has 1 aliphatic rings. The fraction of sp³-hybridized carbons (Fsp3) is 0.226. The van der Waals surface area contributed by atoms with E-state index < -0.39 is 22.5 Å². The van der Waals surface area contributed by atoms with Crippen LogP contribution < -0.4 is 15.0 Å². The van der Waals surface area contributed by atoms with E-state index in [1.807, 2.05) is 33.7 Å². The lowest BCUT2D eigenvalue weighted by molar-refractivity contribution is -0.384. The number of nitro benzene ring substituents is 1. The molecule has 3 aromatic carbocycles. The molecular formula is C31H28F2N8O4. The van der Waals surface area contributed by atoms with Gasteiger partial charge in [0.1, 0.15) is 17.4 Å². The van der Waals surface area contributed by atoms with Crippen LogP contribution in [0.2, 0.25) is 0 Å². The minimum Gasteiger partial charge on any atom is -0.496 e. The highest BCUT2D eigenvalue weighted by Crippen LogP contribution is 2.27. The maximum Gasteiger partial charge on any atom is 0.269 e. The third-order valence-electron chi connectivity index (χ3n) is 7.55. The number of nitro groups is 1. The van der Waals surface area contributed by atoms with E-state index in [1.165, 1.54) is 12.1 Å². The van der Waals surface area contributed by atoms with Crippen LogP contribution in [0.3, 0.4) is 0 Å². The molecule has 6 rings (SSSR count). The molecule has 1 amide bonds. The maximum absolute atomic E-state index is 13.7. The number of carbonyl (C=O) groups is 1. The molecule has 1 aliphatic heterocycles. The Labute approximate surface area is 256 Å². The summed E-state index contributed by atoms with van der Waals surface area (Å²) in [5.74, 6) is -0.436. The van der Waals surface area contributed by atoms with E-state index in [1.54, 1.807) is 30.5 Å². The predicted molar refractivity (Wildman–Crippen MR) is 162 cm³/mol. The Morgan fingerprint density at radius 3 is 2.40 bits per heavy atom. The van der Waals surface area contributed by atoms with Gasteiger partial charge in [-0.3, -0.25) is 14.9 Å². The smallest absolute Gasteiger partial charge is 0.269 e. The van der Waals surface area contributed by atoms with E-state index in [4.69, 9.17) is 14.7 Å². The highest BCUT2D eigenvalue weighted by molar-refractivity contribution is 5.94. The number of piperazine rings is 1. The summed E-state index contributed by atoms with van der Waals surface area (Å²) in [6.07, 6.45) is 1.65. The van der Waals surface area contributed by atoms with Crippen LogP contribution in [0.25, 0.3) is 11.2 Å². The quantitative estimate of drug-likeness (QED) is 0.186. The highest BCUT2D eigenvalue weighted by Gasteiger charge is 2.26. The van der Waals surface area contributed by atoms with Gasteiger partial charge in [0.2, 0.25) is 5.95 Å². The Balaban J connectivity index is 1.28. The highest BCUT2D eigenvalue weighted by atomic mass is 19.1. The second kappa shape index (κ2) is 12.5. The monoisotopic (exact) mass is 614 g/mol. The van der Waals surface area contributed by atoms with Crippen molar-refractivity contribution >= 4 is 34.5 Å². The Bertz CT molecular complexity index is 1850. The van der Waals surface area contributed by atoms with Gasteiger partial charge in [0.25, 0.3) is 11.6 Å². The number of nitrogens with one attached hydrogen (secondary N) is 1. The Hall–Kier alpha value is -5.66. The minimum atomic E-state index is -0.808. The SMILES string of the molecule is COc1ccccc1CNc1nc(N2CCN(C(=O)c3cc(F)cc(F)c3)CC2)nc2c1ncn2Cc1ccc([N+](=O)[O-])cc1. The molecule has 14 heteroatoms. The van der Waals surface area contributed by atoms with E-state index >= 15 is 0 Å². The molecule has 5 aromatic rings. The number of hydrogen-bond donors (Lipinski definition) is 1. The molecule has 0 aliphatic carbocycles. The summed E-state index contributed by atoms with van der Waals surface area (Å²) in [6, 6.07) is 16.7. The lowest BCUT2D eigenvalue weighted by Crippen LogP contribution is -2.49. The van der Waals surface area contributed by atoms with Crippen molar-refractivity contribution in [3.05, 3.63) is 111 Å². The second-order valence-corrected chi connectivity index (χ2v) is 10.4. The Kier molecular flexibility index (Phi) is 8.18. The zero-order valence-corrected chi connectivity index (χ0v) is 24.2. The van der Waals surface area contributed by atoms with Crippen LogP contribution in [0.15, 0.2) is 73.1 Å². The number of imidazole rings is 1. The van der Waals surface area contributed by atoms with Crippen molar-refractivity contribution < 1.29 is 23.2 Å². The molecule has 2 aromatic heterocycles. The van der Waals surface area contributed by atoms with Crippen molar-refractivity contribution in [2.24, 2.45) is 0 Å². The first kappa shape index (κ1) is 29.4. The molecule has 0 radical (unpaired) electrons. The summed E-state index contributed by atoms with van der Waals surface area (Å²) in [5, 5.41) is 14.5. The first-order valence-electron chi connectivity index (χ1n) is 14.1. The summed E-state index contributed by atoms with van der Waals surface area (Å²) in [7, 11) is 1.61. The summed E-state index contributed by atoms with van der Waals surface area (Å²) >= 11 is 0. The van der Waals surface area contributed by atoms with Gasteiger partial charge in [-0.25, -0.2) is 13.8 Å². The number of benzene rings is 3. The van der Waals surface area contributed by atoms with Gasteiger partial charge >= 0.3 is 0 Å². The topological polar surface area (TPSA) is 132 Å². The van der Waals surface area contributed by atoms with Gasteiger partial charge in [-0.1, -0.05) is 30.3 Å². The molecule has 0 bridgehead atoms. The molecule has 1 saturated heterocycles. The number of non-ortho nitro benzene ring substituents is 1. The molecule has 0 saturated carbocycles. The van der Waals surface area contributed by atoms with Gasteiger partial charge in [-0.2, -0.15) is 9.97 Å². The van der Waals surface area contributed by atoms with E-state index in [9.17, 15) is 23.7 Å². The van der Waals surface area contributed by atoms with Gasteiger partial charge < -0.3 is 24.4 Å². The molecule has 1 fully saturated rings. The van der Waals surface area contributed by atoms with Gasteiger partial charge in [-0.15, -0.1) is 0 Å². The molecular weight excluding hydrogens is 586 g/mol. The summed E-state index contributed by atoms with van der Waals surface area (Å²) in [4.78, 5) is 41.3. The van der Waals surface area contributed by atoms with Crippen LogP contribution in [-0.4, -0.2) is 68.5 Å². The van der Waals surface area contributed by atoms with Crippen molar-refractivity contribution in [1.29, 1.82) is 0 Å². The number of para-hydroxylation sites is 1. The minimum absolute atomic E-state index is 0.00170. The van der Waals surface area contributed by atoms with E-state index in [-0.39, 0.29) is 11.3 Å². The van der Waals surface area contributed by atoms with Crippen LogP contribution >= 0.6 is 0 Å². The van der Waals surface area contributed by atoms with Crippen molar-refractivity contribution in [2.75, 3.05) is 43.5 Å². The van der Waals surface area contributed by atoms with Gasteiger partial charge in [-0.05, 0) is 23.8 Å². The number of hydrogen-bond acceptors (Lipinski definition) is 9. The largest absolute Gasteiger partial charge is 0.496 e. The molecule has 3 heterocycles. The van der Waals surface area contributed by atoms with Crippen molar-refractivity contribution in [2.45, 2.75) is 13.1 Å². The summed E-state index contributed by atoms with van der Waals surface area (Å²) < 4.78 is 34.8. The Morgan fingerprint density at radius 2 is 1.71 bits per heavy atom. The fourth-order valence-electron chi connectivity index (χ4n) is 5.23.